The van der Waals surface area contributed by atoms with Crippen molar-refractivity contribution in [3.63, 3.8) is 0 Å². The van der Waals surface area contributed by atoms with E-state index in [4.69, 9.17) is 88.9 Å². The second-order valence-corrected chi connectivity index (χ2v) is 28.4. The molecule has 0 spiro atoms. The summed E-state index contributed by atoms with van der Waals surface area (Å²) < 4.78 is 361. The SMILES string of the molecule is CO[C@H]1O[C@H](CCS(=O)(=O)O)[C@@H](O[C@@H]2O[C@@H](C(=O)O)[C@@H](O[C@H]3O[C@H](CCS(=O)(=O)O)[C@@H](O[C@@H]4O[C@H](C(=O)O)[C@@H](O[C@H]5O[C@H](COS(=O)(=O)O)[C@@H](OC)[C@H](OC)[C@H]5OC)[C@H](OC)[C@H]4OC)[C@H](OS(=O)(=O)O)[C@H]3OS(=O)(=O)O)[C@H](OC)[C@H]2OC)[C@H](OS(=O)(=O)O)[C@H]1OS(=O)(=O)O. The third-order valence-corrected chi connectivity index (χ3v) is 18.0. The summed E-state index contributed by atoms with van der Waals surface area (Å²) >= 11 is 0. The van der Waals surface area contributed by atoms with Crippen molar-refractivity contribution in [3.05, 3.63) is 0 Å². The van der Waals surface area contributed by atoms with Gasteiger partial charge in [-0.2, -0.15) is 58.9 Å². The van der Waals surface area contributed by atoms with Crippen LogP contribution in [0.2, 0.25) is 0 Å². The Balaban J connectivity index is 1.63. The number of hydrogen-bond acceptors (Lipinski definition) is 38. The van der Waals surface area contributed by atoms with Gasteiger partial charge in [-0.05, 0) is 12.8 Å². The molecule has 0 aromatic carbocycles. The normalized spacial score (nSPS) is 37.6. The van der Waals surface area contributed by atoms with Crippen molar-refractivity contribution in [1.29, 1.82) is 0 Å². The highest BCUT2D eigenvalue weighted by Crippen LogP contribution is 2.42. The first kappa shape index (κ1) is 82.1. The molecule has 552 valence electrons. The van der Waals surface area contributed by atoms with Gasteiger partial charge in [0.05, 0.1) is 30.3 Å². The molecule has 54 heteroatoms. The Kier molecular flexibility index (Phi) is 29.1. The van der Waals surface area contributed by atoms with Crippen LogP contribution in [0.15, 0.2) is 0 Å². The largest absolute Gasteiger partial charge is 0.479 e. The van der Waals surface area contributed by atoms with E-state index in [1.165, 1.54) is 0 Å². The first-order valence-electron chi connectivity index (χ1n) is 26.0. The van der Waals surface area contributed by atoms with Gasteiger partial charge in [-0.25, -0.2) is 30.5 Å². The predicted molar refractivity (Wildman–Crippen MR) is 286 cm³/mol. The molecule has 5 rings (SSSR count). The molecule has 5 saturated heterocycles. The molecule has 94 heavy (non-hydrogen) atoms. The van der Waals surface area contributed by atoms with Crippen LogP contribution >= 0.6 is 0 Å². The smallest absolute Gasteiger partial charge is 0.397 e. The molecular formula is C40H68O47S7. The van der Waals surface area contributed by atoms with Gasteiger partial charge in [0.2, 0.25) is 0 Å². The zero-order chi connectivity index (χ0) is 71.2. The van der Waals surface area contributed by atoms with E-state index >= 15 is 0 Å². The molecule has 5 heterocycles. The summed E-state index contributed by atoms with van der Waals surface area (Å²) in [6.07, 6.45) is -59.2. The van der Waals surface area contributed by atoms with Gasteiger partial charge in [0, 0.05) is 56.9 Å². The molecule has 0 aliphatic carbocycles. The zero-order valence-corrected chi connectivity index (χ0v) is 55.1. The molecule has 0 amide bonds. The summed E-state index contributed by atoms with van der Waals surface area (Å²) in [5, 5.41) is 21.5. The van der Waals surface area contributed by atoms with E-state index in [-0.39, 0.29) is 0 Å². The van der Waals surface area contributed by atoms with Crippen LogP contribution in [0.3, 0.4) is 0 Å². The van der Waals surface area contributed by atoms with Crippen LogP contribution in [-0.2, 0) is 183 Å². The van der Waals surface area contributed by atoms with E-state index < -0.39 is 269 Å². The van der Waals surface area contributed by atoms with Crippen molar-refractivity contribution in [2.24, 2.45) is 0 Å². The summed E-state index contributed by atoms with van der Waals surface area (Å²) in [7, 11) is -32.0. The summed E-state index contributed by atoms with van der Waals surface area (Å²) in [6.45, 7) is -1.00. The van der Waals surface area contributed by atoms with Crippen molar-refractivity contribution < 1.29 is 212 Å². The molecule has 0 saturated carbocycles. The number of ether oxygens (including phenoxy) is 17. The van der Waals surface area contributed by atoms with Crippen LogP contribution in [-0.4, -0.2) is 341 Å². The summed E-state index contributed by atoms with van der Waals surface area (Å²) in [4.78, 5) is 26.6. The van der Waals surface area contributed by atoms with E-state index in [0.717, 1.165) is 56.9 Å². The Bertz CT molecular complexity index is 3340. The summed E-state index contributed by atoms with van der Waals surface area (Å²) in [5.41, 5.74) is 0. The third kappa shape index (κ3) is 22.7. The molecule has 9 N–H and O–H groups in total. The first-order chi connectivity index (χ1) is 43.2. The fourth-order valence-corrected chi connectivity index (χ4v) is 14.0. The van der Waals surface area contributed by atoms with Crippen LogP contribution in [0.4, 0.5) is 0 Å². The summed E-state index contributed by atoms with van der Waals surface area (Å²) in [5.74, 6) is -7.03. The van der Waals surface area contributed by atoms with Crippen LogP contribution in [0.1, 0.15) is 12.8 Å². The minimum absolute atomic E-state index is 0.752. The molecule has 0 aromatic rings. The Morgan fingerprint density at radius 1 is 0.309 bits per heavy atom. The minimum Gasteiger partial charge on any atom is -0.479 e. The Hall–Kier alpha value is -2.57. The lowest BCUT2D eigenvalue weighted by Crippen LogP contribution is -2.69. The monoisotopic (exact) mass is 1520 g/mol. The number of methoxy groups -OCH3 is 8. The quantitative estimate of drug-likeness (QED) is 0.0266. The maximum atomic E-state index is 13.4. The Labute approximate surface area is 535 Å². The number of carboxylic acid groups (broad SMARTS) is 2. The highest BCUT2D eigenvalue weighted by Gasteiger charge is 2.62. The standard InChI is InChI=1S/C40H68O47S7/c1-66-17-16(13-74-90(51,52)53)77-37(29(70-5)20(17)67-2)80-23-21(68-3)30(71-6)39(82-27(23)34(41)42)79-19-15(10-12-89(48,49)50)76-40(33(87-94(63,64)65)26(19)85-92(57,58)59)81-24-22(69-4)31(72-7)38(83-28(24)35(43)44)78-18-14(9-11-88(45,46)47)75-36(73-8)32(86-93(60,61)62)25(18)84-91(54,55)56/h14-33,36-40H,9-13H2,1-8H3,(H,41,42)(H,43,44)(H,45,46,47)(H,48,49,50)(H,51,52,53)(H,54,55,56)(H,57,58,59)(H,60,61,62)(H,63,64,65)/t14-,15-,16-,17-,18-,19-,20+,21+,22+,23+,24+,25+,26+,27+,28-,29-,30-,31-,32-,33-,36+,37-,38-,39-,40-/m1/s1. The Morgan fingerprint density at radius 2 is 0.585 bits per heavy atom. The molecular weight excluding hydrogens is 1460 g/mol. The van der Waals surface area contributed by atoms with Crippen molar-refractivity contribution in [2.75, 3.05) is 75.0 Å². The highest BCUT2D eigenvalue weighted by atomic mass is 32.3. The van der Waals surface area contributed by atoms with Crippen LogP contribution in [0.5, 0.6) is 0 Å². The lowest BCUT2D eigenvalue weighted by Gasteiger charge is -2.51. The number of aliphatic carboxylic acids is 2. The molecule has 5 aliphatic heterocycles. The van der Waals surface area contributed by atoms with Crippen LogP contribution in [0, 0.1) is 0 Å². The fraction of sp³-hybridized carbons (Fsp3) is 0.950. The molecule has 0 unspecified atom stereocenters. The van der Waals surface area contributed by atoms with E-state index in [9.17, 15) is 111 Å². The van der Waals surface area contributed by atoms with Gasteiger partial charge in [-0.3, -0.25) is 31.9 Å². The van der Waals surface area contributed by atoms with Gasteiger partial charge >= 0.3 is 63.9 Å². The second-order valence-electron chi connectivity index (χ2n) is 20.0. The van der Waals surface area contributed by atoms with Crippen molar-refractivity contribution >= 4 is 84.2 Å². The van der Waals surface area contributed by atoms with E-state index in [1.807, 2.05) is 0 Å². The number of carbonyl (C=O) groups is 2. The van der Waals surface area contributed by atoms with Gasteiger partial charge in [-0.15, -0.1) is 0 Å². The van der Waals surface area contributed by atoms with Crippen molar-refractivity contribution in [1.82, 2.24) is 0 Å². The van der Waals surface area contributed by atoms with Crippen LogP contribution in [0.25, 0.3) is 0 Å². The van der Waals surface area contributed by atoms with Gasteiger partial charge < -0.3 is 90.7 Å². The van der Waals surface area contributed by atoms with Gasteiger partial charge in [-0.1, -0.05) is 0 Å². The number of carboxylic acids is 2. The fourth-order valence-electron chi connectivity index (χ4n) is 10.6. The van der Waals surface area contributed by atoms with Crippen molar-refractivity contribution in [3.8, 4) is 0 Å². The maximum absolute atomic E-state index is 13.4. The topological polar surface area (TPSA) is 658 Å². The first-order valence-corrected chi connectivity index (χ1v) is 36.0. The Morgan fingerprint density at radius 3 is 0.883 bits per heavy atom. The molecule has 25 atom stereocenters. The molecule has 5 aliphatic rings. The molecule has 0 bridgehead atoms. The molecule has 5 fully saturated rings. The molecule has 0 radical (unpaired) electrons. The van der Waals surface area contributed by atoms with Crippen molar-refractivity contribution in [2.45, 2.75) is 166 Å². The second kappa shape index (κ2) is 33.3. The maximum Gasteiger partial charge on any atom is 0.397 e. The lowest BCUT2D eigenvalue weighted by atomic mass is 9.94. The molecule has 0 aromatic heterocycles. The summed E-state index contributed by atoms with van der Waals surface area (Å²) in [6, 6.07) is 0. The van der Waals surface area contributed by atoms with E-state index in [1.54, 1.807) is 0 Å². The van der Waals surface area contributed by atoms with Gasteiger partial charge in [0.25, 0.3) is 20.2 Å². The van der Waals surface area contributed by atoms with Gasteiger partial charge in [0.1, 0.15) is 85.5 Å². The zero-order valence-electron chi connectivity index (χ0n) is 49.4. The third-order valence-electron chi connectivity index (χ3n) is 14.2. The minimum atomic E-state index is -6.15. The van der Waals surface area contributed by atoms with E-state index in [0.29, 0.717) is 0 Å². The number of rotatable bonds is 35. The van der Waals surface area contributed by atoms with E-state index in [2.05, 4.69) is 12.5 Å². The lowest BCUT2D eigenvalue weighted by molar-refractivity contribution is -0.387. The predicted octanol–water partition coefficient (Wildman–Crippen LogP) is -6.80. The number of hydrogen-bond donors (Lipinski definition) is 9. The molecule has 47 nitrogen and oxygen atoms in total. The van der Waals surface area contributed by atoms with Crippen LogP contribution < -0.4 is 0 Å². The average Bonchev–Trinajstić information content (AvgIpc) is 0.763. The average molecular weight is 1530 g/mol. The highest BCUT2D eigenvalue weighted by molar-refractivity contribution is 7.86. The van der Waals surface area contributed by atoms with Gasteiger partial charge in [0.15, 0.2) is 55.9 Å².